The zero-order valence-electron chi connectivity index (χ0n) is 19.9. The van der Waals surface area contributed by atoms with Crippen molar-refractivity contribution in [3.05, 3.63) is 50.8 Å². The summed E-state index contributed by atoms with van der Waals surface area (Å²) in [5, 5.41) is 10.6. The van der Waals surface area contributed by atoms with E-state index in [-0.39, 0.29) is 16.6 Å². The number of rotatable bonds is 7. The van der Waals surface area contributed by atoms with Gasteiger partial charge in [-0.3, -0.25) is 4.79 Å². The molecule has 1 aromatic carbocycles. The first-order chi connectivity index (χ1) is 15.2. The Morgan fingerprint density at radius 1 is 1.15 bits per heavy atom. The number of carbonyl (C=O) groups is 1. The number of aryl methyl sites for hydroxylation is 1. The SMILES string of the molecule is COC(OC)C1(C)C(OS(=O)(=O)c2ccc(C)cc2)=C(I)C2(C)C(=CCC2C)C1(C)C(=O)O. The molecule has 0 aromatic heterocycles. The van der Waals surface area contributed by atoms with Crippen LogP contribution in [0.3, 0.4) is 0 Å². The number of halogens is 1. The van der Waals surface area contributed by atoms with Crippen molar-refractivity contribution in [2.24, 2.45) is 22.2 Å². The fourth-order valence-corrected chi connectivity index (χ4v) is 7.95. The van der Waals surface area contributed by atoms with Crippen LogP contribution in [0.5, 0.6) is 0 Å². The third-order valence-electron chi connectivity index (χ3n) is 7.75. The molecule has 182 valence electrons. The minimum absolute atomic E-state index is 0.0125. The molecule has 0 aliphatic heterocycles. The fraction of sp³-hybridized carbons (Fsp3) is 0.542. The highest BCUT2D eigenvalue weighted by Gasteiger charge is 2.70. The number of aliphatic carboxylic acids is 1. The number of allylic oxidation sites excluding steroid dienone is 2. The maximum atomic E-state index is 13.4. The number of methoxy groups -OCH3 is 2. The molecule has 0 heterocycles. The van der Waals surface area contributed by atoms with Crippen molar-refractivity contribution < 1.29 is 32.0 Å². The summed E-state index contributed by atoms with van der Waals surface area (Å²) in [7, 11) is -1.46. The van der Waals surface area contributed by atoms with E-state index in [0.717, 1.165) is 5.56 Å². The van der Waals surface area contributed by atoms with Crippen LogP contribution in [-0.2, 0) is 28.6 Å². The highest BCUT2D eigenvalue weighted by atomic mass is 127. The maximum Gasteiger partial charge on any atom is 0.338 e. The van der Waals surface area contributed by atoms with Crippen molar-refractivity contribution in [3.8, 4) is 0 Å². The van der Waals surface area contributed by atoms with Gasteiger partial charge in [-0.05, 0) is 73.4 Å². The molecule has 0 saturated carbocycles. The number of ether oxygens (including phenoxy) is 2. The molecule has 0 bridgehead atoms. The molecular weight excluding hydrogens is 559 g/mol. The highest BCUT2D eigenvalue weighted by molar-refractivity contribution is 14.1. The van der Waals surface area contributed by atoms with Gasteiger partial charge in [0, 0.05) is 23.2 Å². The van der Waals surface area contributed by atoms with Crippen LogP contribution in [0.4, 0.5) is 0 Å². The second kappa shape index (κ2) is 8.66. The molecule has 2 aliphatic rings. The molecule has 9 heteroatoms. The van der Waals surface area contributed by atoms with E-state index in [2.05, 4.69) is 22.6 Å². The lowest BCUT2D eigenvalue weighted by Crippen LogP contribution is -2.60. The average Bonchev–Trinajstić information content (AvgIpc) is 3.07. The second-order valence-electron chi connectivity index (χ2n) is 9.39. The van der Waals surface area contributed by atoms with Gasteiger partial charge in [0.1, 0.15) is 16.1 Å². The molecule has 1 N–H and O–H groups in total. The molecule has 0 spiro atoms. The molecule has 33 heavy (non-hydrogen) atoms. The lowest BCUT2D eigenvalue weighted by atomic mass is 9.50. The summed E-state index contributed by atoms with van der Waals surface area (Å²) in [6, 6.07) is 6.32. The third kappa shape index (κ3) is 3.57. The third-order valence-corrected chi connectivity index (χ3v) is 10.6. The number of carboxylic acids is 1. The first kappa shape index (κ1) is 26.2. The van der Waals surface area contributed by atoms with E-state index in [1.54, 1.807) is 26.0 Å². The predicted molar refractivity (Wildman–Crippen MR) is 132 cm³/mol. The van der Waals surface area contributed by atoms with Crippen LogP contribution in [0.1, 0.15) is 39.7 Å². The monoisotopic (exact) mass is 590 g/mol. The topological polar surface area (TPSA) is 99.1 Å². The van der Waals surface area contributed by atoms with Gasteiger partial charge in [0.15, 0.2) is 6.29 Å². The second-order valence-corrected chi connectivity index (χ2v) is 12.0. The zero-order valence-corrected chi connectivity index (χ0v) is 22.9. The van der Waals surface area contributed by atoms with E-state index in [1.807, 2.05) is 26.8 Å². The zero-order chi connectivity index (χ0) is 25.0. The normalized spacial score (nSPS) is 32.0. The largest absolute Gasteiger partial charge is 0.481 e. The Morgan fingerprint density at radius 2 is 1.70 bits per heavy atom. The van der Waals surface area contributed by atoms with Gasteiger partial charge in [0.2, 0.25) is 0 Å². The molecule has 7 nitrogen and oxygen atoms in total. The van der Waals surface area contributed by atoms with Crippen LogP contribution in [0.15, 0.2) is 50.1 Å². The molecular formula is C24H31IO7S. The summed E-state index contributed by atoms with van der Waals surface area (Å²) in [5.74, 6) is -1.02. The summed E-state index contributed by atoms with van der Waals surface area (Å²) in [6.07, 6.45) is 1.54. The predicted octanol–water partition coefficient (Wildman–Crippen LogP) is 5.05. The van der Waals surface area contributed by atoms with Crippen LogP contribution < -0.4 is 0 Å². The minimum atomic E-state index is -4.27. The van der Waals surface area contributed by atoms with Gasteiger partial charge in [-0.1, -0.05) is 37.6 Å². The standard InChI is InChI=1S/C24H31IO7S/c1-14-8-11-16(12-9-14)33(28,29)32-19-18(25)22(3)15(2)10-13-17(22)23(4,20(26)27)24(19,5)21(30-6)31-7/h8-9,11-13,15,21H,10H2,1-7H3,(H,26,27). The number of fused-ring (bicyclic) bond motifs is 1. The maximum absolute atomic E-state index is 13.4. The molecule has 4 unspecified atom stereocenters. The van der Waals surface area contributed by atoms with E-state index in [0.29, 0.717) is 15.6 Å². The fourth-order valence-electron chi connectivity index (χ4n) is 5.27. The molecule has 0 fully saturated rings. The van der Waals surface area contributed by atoms with Crippen molar-refractivity contribution in [2.45, 2.75) is 52.2 Å². The van der Waals surface area contributed by atoms with E-state index in [1.165, 1.54) is 26.4 Å². The number of hydrogen-bond donors (Lipinski definition) is 1. The highest BCUT2D eigenvalue weighted by Crippen LogP contribution is 2.69. The average molecular weight is 590 g/mol. The van der Waals surface area contributed by atoms with Crippen molar-refractivity contribution in [1.29, 1.82) is 0 Å². The van der Waals surface area contributed by atoms with Gasteiger partial charge in [0.05, 0.1) is 5.41 Å². The Balaban J connectivity index is 2.36. The van der Waals surface area contributed by atoms with Gasteiger partial charge in [-0.2, -0.15) is 8.42 Å². The summed E-state index contributed by atoms with van der Waals surface area (Å²) in [5.41, 5.74) is -2.15. The molecule has 2 aliphatic carbocycles. The van der Waals surface area contributed by atoms with Crippen molar-refractivity contribution in [1.82, 2.24) is 0 Å². The van der Waals surface area contributed by atoms with E-state index in [4.69, 9.17) is 13.7 Å². The van der Waals surface area contributed by atoms with Crippen molar-refractivity contribution >= 4 is 38.7 Å². The van der Waals surface area contributed by atoms with Crippen LogP contribution in [0, 0.1) is 29.1 Å². The molecule has 0 saturated heterocycles. The molecule has 4 atom stereocenters. The van der Waals surface area contributed by atoms with Gasteiger partial charge in [0.25, 0.3) is 0 Å². The summed E-state index contributed by atoms with van der Waals surface area (Å²) in [4.78, 5) is 13.0. The van der Waals surface area contributed by atoms with E-state index in [9.17, 15) is 18.3 Å². The van der Waals surface area contributed by atoms with E-state index < -0.39 is 38.6 Å². The number of benzene rings is 1. The smallest absolute Gasteiger partial charge is 0.338 e. The Kier molecular flexibility index (Phi) is 6.87. The molecule has 3 rings (SSSR count). The first-order valence-electron chi connectivity index (χ1n) is 10.6. The lowest BCUT2D eigenvalue weighted by molar-refractivity contribution is -0.210. The van der Waals surface area contributed by atoms with Crippen LogP contribution in [0.2, 0.25) is 0 Å². The van der Waals surface area contributed by atoms with Crippen molar-refractivity contribution in [2.75, 3.05) is 14.2 Å². The summed E-state index contributed by atoms with van der Waals surface area (Å²) >= 11 is 2.11. The number of hydrogen-bond acceptors (Lipinski definition) is 6. The van der Waals surface area contributed by atoms with Crippen LogP contribution in [-0.4, -0.2) is 40.0 Å². The molecule has 0 amide bonds. The van der Waals surface area contributed by atoms with Gasteiger partial charge < -0.3 is 18.8 Å². The van der Waals surface area contributed by atoms with Gasteiger partial charge >= 0.3 is 16.1 Å². The Labute approximate surface area is 209 Å². The van der Waals surface area contributed by atoms with Crippen molar-refractivity contribution in [3.63, 3.8) is 0 Å². The Morgan fingerprint density at radius 3 is 2.18 bits per heavy atom. The summed E-state index contributed by atoms with van der Waals surface area (Å²) in [6.45, 7) is 9.09. The Hall–Kier alpha value is -1.43. The van der Waals surface area contributed by atoms with Gasteiger partial charge in [-0.15, -0.1) is 0 Å². The van der Waals surface area contributed by atoms with Gasteiger partial charge in [-0.25, -0.2) is 0 Å². The van der Waals surface area contributed by atoms with Crippen LogP contribution in [0.25, 0.3) is 0 Å². The van der Waals surface area contributed by atoms with Crippen LogP contribution >= 0.6 is 22.6 Å². The minimum Gasteiger partial charge on any atom is -0.481 e. The van der Waals surface area contributed by atoms with E-state index >= 15 is 0 Å². The lowest BCUT2D eigenvalue weighted by Gasteiger charge is -2.56. The quantitative estimate of drug-likeness (QED) is 0.206. The molecule has 0 radical (unpaired) electrons. The summed E-state index contributed by atoms with van der Waals surface area (Å²) < 4.78 is 44.5. The molecule has 1 aromatic rings. The Bertz CT molecular complexity index is 1120. The first-order valence-corrected chi connectivity index (χ1v) is 13.1. The number of carboxylic acid groups (broad SMARTS) is 1.